The van der Waals surface area contributed by atoms with E-state index in [1.165, 1.54) is 21.3 Å². The average molecular weight is 396 g/mol. The fraction of sp³-hybridized carbons (Fsp3) is 0.556. The number of carboxylic acid groups (broad SMARTS) is 1. The van der Waals surface area contributed by atoms with Gasteiger partial charge in [-0.3, -0.25) is 4.79 Å². The van der Waals surface area contributed by atoms with E-state index in [1.54, 1.807) is 12.1 Å². The van der Waals surface area contributed by atoms with Crippen molar-refractivity contribution in [2.45, 2.75) is 42.6 Å². The lowest BCUT2D eigenvalue weighted by Gasteiger charge is -2.35. The Balaban J connectivity index is 1.84. The standard InChI is InChI=1S/C18H24N2O6S/c21-16(19-12-8-18(24,9-13-19)17(22)23)14-6-2-3-7-15(14)27(25,26)20-10-4-1-5-11-20/h2-3,6-7,24H,1,4-5,8-13H2,(H,22,23). The average Bonchev–Trinajstić information content (AvgIpc) is 2.68. The van der Waals surface area contributed by atoms with Gasteiger partial charge in [0.2, 0.25) is 10.0 Å². The molecule has 9 heteroatoms. The maximum atomic E-state index is 13.0. The van der Waals surface area contributed by atoms with E-state index >= 15 is 0 Å². The number of sulfonamides is 1. The number of carboxylic acids is 1. The Hall–Kier alpha value is -1.97. The summed E-state index contributed by atoms with van der Waals surface area (Å²) in [5.74, 6) is -1.76. The van der Waals surface area contributed by atoms with Crippen LogP contribution in [0.2, 0.25) is 0 Å². The minimum absolute atomic E-state index is 0.0176. The molecule has 2 aliphatic heterocycles. The van der Waals surface area contributed by atoms with Gasteiger partial charge in [-0.05, 0) is 25.0 Å². The summed E-state index contributed by atoms with van der Waals surface area (Å²) in [5.41, 5.74) is -1.75. The maximum Gasteiger partial charge on any atom is 0.335 e. The summed E-state index contributed by atoms with van der Waals surface area (Å²) < 4.78 is 27.5. The number of carbonyl (C=O) groups is 2. The van der Waals surface area contributed by atoms with E-state index in [-0.39, 0.29) is 36.4 Å². The van der Waals surface area contributed by atoms with Crippen molar-refractivity contribution >= 4 is 21.9 Å². The van der Waals surface area contributed by atoms with Crippen molar-refractivity contribution in [3.8, 4) is 0 Å². The number of aliphatic carboxylic acids is 1. The van der Waals surface area contributed by atoms with Crippen LogP contribution in [0.4, 0.5) is 0 Å². The van der Waals surface area contributed by atoms with Crippen molar-refractivity contribution in [3.63, 3.8) is 0 Å². The van der Waals surface area contributed by atoms with Gasteiger partial charge in [0.05, 0.1) is 10.5 Å². The second-order valence-corrected chi connectivity index (χ2v) is 9.00. The predicted octanol–water partition coefficient (Wildman–Crippen LogP) is 0.913. The zero-order chi connectivity index (χ0) is 19.7. The molecule has 1 aromatic carbocycles. The van der Waals surface area contributed by atoms with Gasteiger partial charge in [-0.15, -0.1) is 0 Å². The van der Waals surface area contributed by atoms with E-state index < -0.39 is 27.5 Å². The number of aliphatic hydroxyl groups is 1. The van der Waals surface area contributed by atoms with Gasteiger partial charge in [0, 0.05) is 39.0 Å². The summed E-state index contributed by atoms with van der Waals surface area (Å²) in [6.45, 7) is 1.000. The number of nitrogens with zero attached hydrogens (tertiary/aromatic N) is 2. The van der Waals surface area contributed by atoms with Gasteiger partial charge in [0.15, 0.2) is 5.60 Å². The van der Waals surface area contributed by atoms with E-state index in [0.717, 1.165) is 19.3 Å². The van der Waals surface area contributed by atoms with Crippen molar-refractivity contribution in [1.29, 1.82) is 0 Å². The summed E-state index contributed by atoms with van der Waals surface area (Å²) in [4.78, 5) is 25.5. The Morgan fingerprint density at radius 1 is 0.963 bits per heavy atom. The van der Waals surface area contributed by atoms with Gasteiger partial charge in [-0.25, -0.2) is 13.2 Å². The summed E-state index contributed by atoms with van der Waals surface area (Å²) in [6.07, 6.45) is 2.42. The molecule has 0 saturated carbocycles. The molecule has 0 unspecified atom stereocenters. The first-order valence-corrected chi connectivity index (χ1v) is 10.5. The highest BCUT2D eigenvalue weighted by atomic mass is 32.2. The van der Waals surface area contributed by atoms with Crippen molar-refractivity contribution in [1.82, 2.24) is 9.21 Å². The van der Waals surface area contributed by atoms with E-state index in [9.17, 15) is 23.1 Å². The first-order valence-electron chi connectivity index (χ1n) is 9.10. The molecule has 8 nitrogen and oxygen atoms in total. The molecule has 2 saturated heterocycles. The Labute approximate surface area is 158 Å². The Bertz CT molecular complexity index is 824. The van der Waals surface area contributed by atoms with Crippen LogP contribution < -0.4 is 0 Å². The Morgan fingerprint density at radius 3 is 2.15 bits per heavy atom. The molecule has 0 aromatic heterocycles. The number of piperidine rings is 2. The lowest BCUT2D eigenvalue weighted by atomic mass is 9.91. The van der Waals surface area contributed by atoms with Crippen molar-refractivity contribution in [2.24, 2.45) is 0 Å². The van der Waals surface area contributed by atoms with Crippen LogP contribution in [-0.4, -0.2) is 71.5 Å². The minimum Gasteiger partial charge on any atom is -0.479 e. The zero-order valence-electron chi connectivity index (χ0n) is 15.0. The smallest absolute Gasteiger partial charge is 0.335 e. The number of amides is 1. The highest BCUT2D eigenvalue weighted by molar-refractivity contribution is 7.89. The lowest BCUT2D eigenvalue weighted by molar-refractivity contribution is -0.162. The largest absolute Gasteiger partial charge is 0.479 e. The monoisotopic (exact) mass is 396 g/mol. The third kappa shape index (κ3) is 3.85. The first-order chi connectivity index (χ1) is 12.8. The van der Waals surface area contributed by atoms with E-state index in [4.69, 9.17) is 5.11 Å². The van der Waals surface area contributed by atoms with Gasteiger partial charge < -0.3 is 15.1 Å². The highest BCUT2D eigenvalue weighted by Crippen LogP contribution is 2.27. The molecule has 0 bridgehead atoms. The molecule has 27 heavy (non-hydrogen) atoms. The van der Waals surface area contributed by atoms with E-state index in [2.05, 4.69) is 0 Å². The van der Waals surface area contributed by atoms with Gasteiger partial charge in [0.1, 0.15) is 0 Å². The minimum atomic E-state index is -3.77. The van der Waals surface area contributed by atoms with Crippen LogP contribution in [-0.2, 0) is 14.8 Å². The van der Waals surface area contributed by atoms with Gasteiger partial charge >= 0.3 is 5.97 Å². The Kier molecular flexibility index (Phi) is 5.55. The maximum absolute atomic E-state index is 13.0. The lowest BCUT2D eigenvalue weighted by Crippen LogP contribution is -2.51. The van der Waals surface area contributed by atoms with Crippen LogP contribution in [0, 0.1) is 0 Å². The molecule has 0 spiro atoms. The topological polar surface area (TPSA) is 115 Å². The number of benzene rings is 1. The van der Waals surface area contributed by atoms with Crippen molar-refractivity contribution in [2.75, 3.05) is 26.2 Å². The van der Waals surface area contributed by atoms with Crippen LogP contribution in [0.25, 0.3) is 0 Å². The molecule has 0 radical (unpaired) electrons. The molecule has 3 rings (SSSR count). The third-order valence-electron chi connectivity index (χ3n) is 5.33. The second kappa shape index (κ2) is 7.57. The SMILES string of the molecule is O=C(c1ccccc1S(=O)(=O)N1CCCCC1)N1CCC(O)(C(=O)O)CC1. The molecular formula is C18H24N2O6S. The van der Waals surface area contributed by atoms with Crippen LogP contribution >= 0.6 is 0 Å². The van der Waals surface area contributed by atoms with Crippen LogP contribution in [0.15, 0.2) is 29.2 Å². The third-order valence-corrected chi connectivity index (χ3v) is 7.28. The van der Waals surface area contributed by atoms with Crippen molar-refractivity contribution in [3.05, 3.63) is 29.8 Å². The Morgan fingerprint density at radius 2 is 1.56 bits per heavy atom. The van der Waals surface area contributed by atoms with Gasteiger partial charge in [0.25, 0.3) is 5.91 Å². The number of rotatable bonds is 4. The van der Waals surface area contributed by atoms with E-state index in [0.29, 0.717) is 13.1 Å². The molecule has 2 heterocycles. The molecular weight excluding hydrogens is 372 g/mol. The van der Waals surface area contributed by atoms with Crippen LogP contribution in [0.1, 0.15) is 42.5 Å². The number of carbonyl (C=O) groups excluding carboxylic acids is 1. The van der Waals surface area contributed by atoms with Gasteiger partial charge in [-0.1, -0.05) is 18.6 Å². The molecule has 1 aromatic rings. The summed E-state index contributed by atoms with van der Waals surface area (Å²) in [6, 6.07) is 6.12. The van der Waals surface area contributed by atoms with Crippen LogP contribution in [0.3, 0.4) is 0 Å². The van der Waals surface area contributed by atoms with E-state index in [1.807, 2.05) is 0 Å². The summed E-state index contributed by atoms with van der Waals surface area (Å²) in [5, 5.41) is 19.1. The highest BCUT2D eigenvalue weighted by Gasteiger charge is 2.41. The molecule has 2 N–H and O–H groups in total. The van der Waals surface area contributed by atoms with Gasteiger partial charge in [-0.2, -0.15) is 4.31 Å². The number of hydrogen-bond acceptors (Lipinski definition) is 5. The number of likely N-dealkylation sites (tertiary alicyclic amines) is 1. The van der Waals surface area contributed by atoms with Crippen LogP contribution in [0.5, 0.6) is 0 Å². The number of hydrogen-bond donors (Lipinski definition) is 2. The summed E-state index contributed by atoms with van der Waals surface area (Å²) in [7, 11) is -3.77. The molecule has 2 aliphatic rings. The van der Waals surface area contributed by atoms with Crippen molar-refractivity contribution < 1.29 is 28.2 Å². The molecule has 1 amide bonds. The quantitative estimate of drug-likeness (QED) is 0.782. The molecule has 148 valence electrons. The second-order valence-electron chi connectivity index (χ2n) is 7.09. The first kappa shape index (κ1) is 19.8. The fourth-order valence-corrected chi connectivity index (χ4v) is 5.28. The zero-order valence-corrected chi connectivity index (χ0v) is 15.8. The normalized spacial score (nSPS) is 21.0. The fourth-order valence-electron chi connectivity index (χ4n) is 3.58. The molecule has 2 fully saturated rings. The molecule has 0 atom stereocenters. The molecule has 0 aliphatic carbocycles. The summed E-state index contributed by atoms with van der Waals surface area (Å²) >= 11 is 0. The predicted molar refractivity (Wildman–Crippen MR) is 96.8 cm³/mol.